The number of para-hydroxylation sites is 1. The van der Waals surface area contributed by atoms with E-state index < -0.39 is 10.0 Å². The Morgan fingerprint density at radius 1 is 1.10 bits per heavy atom. The van der Waals surface area contributed by atoms with Gasteiger partial charge in [-0.2, -0.15) is 4.31 Å². The van der Waals surface area contributed by atoms with Crippen LogP contribution < -0.4 is 9.80 Å². The summed E-state index contributed by atoms with van der Waals surface area (Å²) in [5.74, 6) is -0.418. The number of hydrogen-bond acceptors (Lipinski definition) is 4. The first kappa shape index (κ1) is 21.3. The molecule has 2 aromatic carbocycles. The molecular weight excluding hydrogens is 473 g/mol. The van der Waals surface area contributed by atoms with Crippen molar-refractivity contribution in [1.29, 1.82) is 0 Å². The van der Waals surface area contributed by atoms with Gasteiger partial charge in [0.2, 0.25) is 15.9 Å². The molecule has 2 heterocycles. The maximum absolute atomic E-state index is 14.1. The van der Waals surface area contributed by atoms with E-state index in [2.05, 4.69) is 15.9 Å². The van der Waals surface area contributed by atoms with Gasteiger partial charge in [0.1, 0.15) is 5.82 Å². The fraction of sp³-hybridized carbons (Fsp3) is 0.381. The van der Waals surface area contributed by atoms with E-state index in [4.69, 9.17) is 0 Å². The van der Waals surface area contributed by atoms with Gasteiger partial charge in [0.25, 0.3) is 0 Å². The maximum Gasteiger partial charge on any atom is 0.244 e. The third kappa shape index (κ3) is 3.63. The van der Waals surface area contributed by atoms with E-state index in [1.807, 2.05) is 11.8 Å². The third-order valence-electron chi connectivity index (χ3n) is 5.74. The second kappa shape index (κ2) is 7.94. The number of halogens is 2. The molecule has 1 amide bonds. The van der Waals surface area contributed by atoms with Gasteiger partial charge in [-0.05, 0) is 59.1 Å². The number of nitrogens with zero attached hydrogens (tertiary/aromatic N) is 3. The van der Waals surface area contributed by atoms with Crippen LogP contribution in [0.4, 0.5) is 15.8 Å². The molecule has 0 spiro atoms. The normalized spacial score (nSPS) is 19.8. The highest BCUT2D eigenvalue weighted by Gasteiger charge is 2.35. The molecule has 0 aliphatic carbocycles. The Labute approximate surface area is 184 Å². The van der Waals surface area contributed by atoms with Gasteiger partial charge < -0.3 is 9.80 Å². The van der Waals surface area contributed by atoms with Crippen molar-refractivity contribution < 1.29 is 17.6 Å². The molecule has 4 rings (SSSR count). The predicted octanol–water partition coefficient (Wildman–Crippen LogP) is 3.40. The summed E-state index contributed by atoms with van der Waals surface area (Å²) in [6.45, 7) is 4.76. The van der Waals surface area contributed by atoms with E-state index in [-0.39, 0.29) is 35.8 Å². The Morgan fingerprint density at radius 2 is 1.77 bits per heavy atom. The van der Waals surface area contributed by atoms with Crippen molar-refractivity contribution in [3.05, 3.63) is 52.3 Å². The number of carbonyl (C=O) groups excluding carboxylic acids is 1. The average molecular weight is 496 g/mol. The molecule has 2 aliphatic heterocycles. The van der Waals surface area contributed by atoms with Gasteiger partial charge in [-0.25, -0.2) is 12.8 Å². The molecule has 0 bridgehead atoms. The summed E-state index contributed by atoms with van der Waals surface area (Å²) in [6, 6.07) is 9.91. The monoisotopic (exact) mass is 495 g/mol. The van der Waals surface area contributed by atoms with E-state index >= 15 is 0 Å². The minimum atomic E-state index is -3.77. The van der Waals surface area contributed by atoms with Gasteiger partial charge in [-0.3, -0.25) is 4.79 Å². The minimum absolute atomic E-state index is 0.00771. The zero-order valence-corrected chi connectivity index (χ0v) is 19.2. The average Bonchev–Trinajstić information content (AvgIpc) is 3.02. The molecule has 1 saturated heterocycles. The largest absolute Gasteiger partial charge is 0.367 e. The van der Waals surface area contributed by atoms with Crippen molar-refractivity contribution in [3.8, 4) is 0 Å². The summed E-state index contributed by atoms with van der Waals surface area (Å²) in [6.07, 6.45) is 0.690. The van der Waals surface area contributed by atoms with Gasteiger partial charge in [-0.15, -0.1) is 0 Å². The lowest BCUT2D eigenvalue weighted by atomic mass is 10.1. The molecule has 2 aromatic rings. The van der Waals surface area contributed by atoms with Crippen molar-refractivity contribution in [2.24, 2.45) is 0 Å². The van der Waals surface area contributed by atoms with Crippen molar-refractivity contribution in [3.63, 3.8) is 0 Å². The van der Waals surface area contributed by atoms with Crippen LogP contribution in [-0.4, -0.2) is 50.9 Å². The molecule has 1 unspecified atom stereocenters. The van der Waals surface area contributed by atoms with Crippen molar-refractivity contribution in [2.45, 2.75) is 31.2 Å². The highest BCUT2D eigenvalue weighted by Crippen LogP contribution is 2.39. The number of piperazine rings is 1. The van der Waals surface area contributed by atoms with Crippen LogP contribution in [0.15, 0.2) is 45.8 Å². The molecule has 1 atom stereocenters. The molecular formula is C21H23BrFN3O3S. The van der Waals surface area contributed by atoms with Crippen LogP contribution in [0.2, 0.25) is 0 Å². The maximum atomic E-state index is 14.1. The molecule has 0 N–H and O–H groups in total. The summed E-state index contributed by atoms with van der Waals surface area (Å²) in [4.78, 5) is 15.7. The van der Waals surface area contributed by atoms with Crippen LogP contribution >= 0.6 is 15.9 Å². The van der Waals surface area contributed by atoms with Crippen LogP contribution in [-0.2, 0) is 21.2 Å². The molecule has 0 aromatic heterocycles. The first-order valence-electron chi connectivity index (χ1n) is 9.82. The van der Waals surface area contributed by atoms with Crippen LogP contribution in [0, 0.1) is 5.82 Å². The Kier molecular flexibility index (Phi) is 5.63. The topological polar surface area (TPSA) is 60.9 Å². The van der Waals surface area contributed by atoms with Crippen molar-refractivity contribution in [1.82, 2.24) is 4.31 Å². The van der Waals surface area contributed by atoms with Crippen LogP contribution in [0.25, 0.3) is 0 Å². The SMILES string of the molecule is CC(=O)N1c2cc(S(=O)(=O)N3CCN(c4ccccc4F)CC3)c(Br)cc2CC1C. The number of sulfonamides is 1. The van der Waals surface area contributed by atoms with E-state index in [1.165, 1.54) is 17.3 Å². The standard InChI is InChI=1S/C21H23BrFN3O3S/c1-14-11-16-12-17(22)21(13-20(16)26(14)15(2)27)30(28,29)25-9-7-24(8-10-25)19-6-4-3-5-18(19)23/h3-6,12-14H,7-11H2,1-2H3. The molecule has 1 fully saturated rings. The van der Waals surface area contributed by atoms with E-state index in [0.717, 1.165) is 5.56 Å². The lowest BCUT2D eigenvalue weighted by Gasteiger charge is -2.35. The third-order valence-corrected chi connectivity index (χ3v) is 8.59. The number of fused-ring (bicyclic) bond motifs is 1. The highest BCUT2D eigenvalue weighted by molar-refractivity contribution is 9.10. The summed E-state index contributed by atoms with van der Waals surface area (Å²) in [5.41, 5.74) is 2.09. The second-order valence-electron chi connectivity index (χ2n) is 7.70. The number of hydrogen-bond donors (Lipinski definition) is 0. The number of anilines is 2. The van der Waals surface area contributed by atoms with Gasteiger partial charge in [0.05, 0.1) is 10.6 Å². The lowest BCUT2D eigenvalue weighted by Crippen LogP contribution is -2.49. The van der Waals surface area contributed by atoms with Gasteiger partial charge in [0, 0.05) is 49.3 Å². The quantitative estimate of drug-likeness (QED) is 0.654. The van der Waals surface area contributed by atoms with E-state index in [0.29, 0.717) is 35.4 Å². The molecule has 0 radical (unpaired) electrons. The molecule has 0 saturated carbocycles. The smallest absolute Gasteiger partial charge is 0.244 e. The molecule has 9 heteroatoms. The summed E-state index contributed by atoms with van der Waals surface area (Å²) < 4.78 is 42.7. The second-order valence-corrected chi connectivity index (χ2v) is 10.5. The van der Waals surface area contributed by atoms with Crippen molar-refractivity contribution in [2.75, 3.05) is 36.0 Å². The summed E-state index contributed by atoms with van der Waals surface area (Å²) in [5, 5.41) is 0. The minimum Gasteiger partial charge on any atom is -0.367 e. The Morgan fingerprint density at radius 3 is 2.40 bits per heavy atom. The molecule has 160 valence electrons. The first-order chi connectivity index (χ1) is 14.2. The Bertz CT molecular complexity index is 1100. The number of amides is 1. The highest BCUT2D eigenvalue weighted by atomic mass is 79.9. The number of benzene rings is 2. The van der Waals surface area contributed by atoms with E-state index in [9.17, 15) is 17.6 Å². The van der Waals surface area contributed by atoms with Crippen LogP contribution in [0.3, 0.4) is 0 Å². The summed E-state index contributed by atoms with van der Waals surface area (Å²) in [7, 11) is -3.77. The number of carbonyl (C=O) groups is 1. The molecule has 30 heavy (non-hydrogen) atoms. The number of rotatable bonds is 3. The fourth-order valence-electron chi connectivity index (χ4n) is 4.31. The zero-order valence-electron chi connectivity index (χ0n) is 16.8. The van der Waals surface area contributed by atoms with Crippen LogP contribution in [0.5, 0.6) is 0 Å². The van der Waals surface area contributed by atoms with Crippen molar-refractivity contribution >= 4 is 43.2 Å². The Hall–Kier alpha value is -1.97. The van der Waals surface area contributed by atoms with E-state index in [1.54, 1.807) is 35.2 Å². The predicted molar refractivity (Wildman–Crippen MR) is 118 cm³/mol. The van der Waals surface area contributed by atoms with Gasteiger partial charge >= 0.3 is 0 Å². The first-order valence-corrected chi connectivity index (χ1v) is 12.1. The Balaban J connectivity index is 1.60. The molecule has 2 aliphatic rings. The molecule has 6 nitrogen and oxygen atoms in total. The van der Waals surface area contributed by atoms with Crippen LogP contribution in [0.1, 0.15) is 19.4 Å². The lowest BCUT2D eigenvalue weighted by molar-refractivity contribution is -0.116. The fourth-order valence-corrected chi connectivity index (χ4v) is 6.81. The zero-order chi connectivity index (χ0) is 21.6. The van der Waals surface area contributed by atoms with Gasteiger partial charge in [-0.1, -0.05) is 12.1 Å². The summed E-state index contributed by atoms with van der Waals surface area (Å²) >= 11 is 3.42. The van der Waals surface area contributed by atoms with Gasteiger partial charge in [0.15, 0.2) is 0 Å².